The molecule has 1 aromatic rings. The molecule has 0 aliphatic rings. The normalized spacial score (nSPS) is 10.0. The van der Waals surface area contributed by atoms with E-state index >= 15 is 0 Å². The van der Waals surface area contributed by atoms with Gasteiger partial charge < -0.3 is 14.6 Å². The number of rotatable bonds is 3. The Hall–Kier alpha value is -1.13. The summed E-state index contributed by atoms with van der Waals surface area (Å²) in [6.45, 7) is -0.520. The van der Waals surface area contributed by atoms with Crippen molar-refractivity contribution in [3.8, 4) is 0 Å². The molecule has 0 saturated carbocycles. The number of hydrogen-bond donors (Lipinski definition) is 2. The molecule has 0 spiro atoms. The molecule has 11 heavy (non-hydrogen) atoms. The summed E-state index contributed by atoms with van der Waals surface area (Å²) < 4.78 is 4.74. The minimum Gasteiger partial charge on any atom is -0.461 e. The number of hydrogen-bond acceptors (Lipinski definition) is 4. The largest absolute Gasteiger partial charge is 0.461 e. The van der Waals surface area contributed by atoms with E-state index in [1.54, 1.807) is 0 Å². The van der Waals surface area contributed by atoms with Gasteiger partial charge in [-0.25, -0.2) is 0 Å². The lowest BCUT2D eigenvalue weighted by Crippen LogP contribution is -1.92. The molecule has 0 atom stereocenters. The lowest BCUT2D eigenvalue weighted by molar-refractivity contribution is 0.109. The van der Waals surface area contributed by atoms with Gasteiger partial charge >= 0.3 is 0 Å². The van der Waals surface area contributed by atoms with Crippen molar-refractivity contribution >= 4 is 6.29 Å². The lowest BCUT2D eigenvalue weighted by atomic mass is 10.2. The molecule has 1 rings (SSSR count). The Labute approximate surface area is 63.1 Å². The summed E-state index contributed by atoms with van der Waals surface area (Å²) in [5.74, 6) is 0.0801. The number of carbonyl (C=O) groups excluding carboxylic acids is 1. The minimum atomic E-state index is -0.291. The van der Waals surface area contributed by atoms with Gasteiger partial charge in [0.25, 0.3) is 0 Å². The van der Waals surface area contributed by atoms with E-state index in [0.717, 1.165) is 0 Å². The number of furan rings is 1. The fraction of sp³-hybridized carbons (Fsp3) is 0.286. The van der Waals surface area contributed by atoms with Crippen molar-refractivity contribution < 1.29 is 19.4 Å². The van der Waals surface area contributed by atoms with Crippen molar-refractivity contribution in [3.05, 3.63) is 23.2 Å². The second-order valence-corrected chi connectivity index (χ2v) is 2.04. The first-order valence-corrected chi connectivity index (χ1v) is 3.09. The Bertz CT molecular complexity index is 251. The second kappa shape index (κ2) is 3.32. The quantitative estimate of drug-likeness (QED) is 0.608. The van der Waals surface area contributed by atoms with Gasteiger partial charge in [-0.15, -0.1) is 0 Å². The first-order chi connectivity index (χ1) is 5.33. The van der Waals surface area contributed by atoms with E-state index in [9.17, 15) is 4.79 Å². The Kier molecular flexibility index (Phi) is 2.40. The number of aliphatic hydroxyl groups excluding tert-OH is 2. The molecular weight excluding hydrogens is 148 g/mol. The zero-order valence-corrected chi connectivity index (χ0v) is 5.78. The van der Waals surface area contributed by atoms with Crippen LogP contribution in [-0.2, 0) is 13.2 Å². The van der Waals surface area contributed by atoms with Crippen LogP contribution in [0.4, 0.5) is 0 Å². The van der Waals surface area contributed by atoms with Gasteiger partial charge in [0.15, 0.2) is 12.0 Å². The predicted molar refractivity (Wildman–Crippen MR) is 35.9 cm³/mol. The molecule has 1 aromatic heterocycles. The molecule has 0 aliphatic carbocycles. The van der Waals surface area contributed by atoms with Crippen LogP contribution in [0.2, 0.25) is 0 Å². The second-order valence-electron chi connectivity index (χ2n) is 2.04. The molecule has 4 nitrogen and oxygen atoms in total. The highest BCUT2D eigenvalue weighted by Crippen LogP contribution is 2.15. The van der Waals surface area contributed by atoms with Crippen LogP contribution in [0.15, 0.2) is 10.7 Å². The monoisotopic (exact) mass is 156 g/mol. The third-order valence-electron chi connectivity index (χ3n) is 1.45. The molecule has 0 unspecified atom stereocenters. The first-order valence-electron chi connectivity index (χ1n) is 3.09. The SMILES string of the molecule is O=Cc1occ(CO)c1CO. The number of aliphatic hydroxyl groups is 2. The lowest BCUT2D eigenvalue weighted by Gasteiger charge is -1.93. The summed E-state index contributed by atoms with van der Waals surface area (Å²) in [7, 11) is 0. The van der Waals surface area contributed by atoms with Crippen molar-refractivity contribution in [1.82, 2.24) is 0 Å². The smallest absolute Gasteiger partial charge is 0.185 e. The molecule has 1 heterocycles. The zero-order chi connectivity index (χ0) is 8.27. The van der Waals surface area contributed by atoms with Gasteiger partial charge in [0, 0.05) is 11.1 Å². The molecule has 0 saturated heterocycles. The first kappa shape index (κ1) is 7.97. The summed E-state index contributed by atoms with van der Waals surface area (Å²) >= 11 is 0. The van der Waals surface area contributed by atoms with E-state index in [-0.39, 0.29) is 19.0 Å². The van der Waals surface area contributed by atoms with Crippen LogP contribution in [0, 0.1) is 0 Å². The topological polar surface area (TPSA) is 70.7 Å². The van der Waals surface area contributed by atoms with Crippen molar-refractivity contribution in [3.63, 3.8) is 0 Å². The average molecular weight is 156 g/mol. The number of aldehydes is 1. The molecular formula is C7H8O4. The fourth-order valence-corrected chi connectivity index (χ4v) is 0.846. The average Bonchev–Trinajstić information content (AvgIpc) is 2.45. The Morgan fingerprint density at radius 1 is 1.45 bits per heavy atom. The van der Waals surface area contributed by atoms with Crippen LogP contribution in [0.5, 0.6) is 0 Å². The van der Waals surface area contributed by atoms with Gasteiger partial charge in [0.05, 0.1) is 19.5 Å². The van der Waals surface area contributed by atoms with Gasteiger partial charge in [0.2, 0.25) is 0 Å². The summed E-state index contributed by atoms with van der Waals surface area (Å²) in [6.07, 6.45) is 1.76. The standard InChI is InChI=1S/C7H8O4/c8-1-5-4-11-7(3-10)6(5)2-9/h3-4,8-9H,1-2H2. The molecule has 0 aliphatic heterocycles. The van der Waals surface area contributed by atoms with E-state index < -0.39 is 0 Å². The van der Waals surface area contributed by atoms with E-state index in [4.69, 9.17) is 14.6 Å². The summed E-state index contributed by atoms with van der Waals surface area (Å²) in [4.78, 5) is 10.2. The maximum absolute atomic E-state index is 10.2. The highest BCUT2D eigenvalue weighted by molar-refractivity contribution is 5.73. The molecule has 60 valence electrons. The van der Waals surface area contributed by atoms with Crippen molar-refractivity contribution in [2.24, 2.45) is 0 Å². The van der Waals surface area contributed by atoms with Gasteiger partial charge in [-0.05, 0) is 0 Å². The van der Waals surface area contributed by atoms with Crippen LogP contribution in [0.3, 0.4) is 0 Å². The van der Waals surface area contributed by atoms with Crippen LogP contribution < -0.4 is 0 Å². The molecule has 4 heteroatoms. The fourth-order valence-electron chi connectivity index (χ4n) is 0.846. The predicted octanol–water partition coefficient (Wildman–Crippen LogP) is 0.0767. The van der Waals surface area contributed by atoms with Crippen molar-refractivity contribution in [1.29, 1.82) is 0 Å². The van der Waals surface area contributed by atoms with E-state index in [1.165, 1.54) is 6.26 Å². The summed E-state index contributed by atoms with van der Waals surface area (Å²) in [5, 5.41) is 17.4. The van der Waals surface area contributed by atoms with E-state index in [1.807, 2.05) is 0 Å². The Balaban J connectivity index is 3.08. The van der Waals surface area contributed by atoms with Crippen molar-refractivity contribution in [2.45, 2.75) is 13.2 Å². The van der Waals surface area contributed by atoms with Crippen LogP contribution in [0.25, 0.3) is 0 Å². The highest BCUT2D eigenvalue weighted by Gasteiger charge is 2.10. The Morgan fingerprint density at radius 2 is 2.18 bits per heavy atom. The molecule has 0 aromatic carbocycles. The summed E-state index contributed by atoms with van der Waals surface area (Å²) in [5.41, 5.74) is 0.817. The highest BCUT2D eigenvalue weighted by atomic mass is 16.3. The third-order valence-corrected chi connectivity index (χ3v) is 1.45. The van der Waals surface area contributed by atoms with E-state index in [0.29, 0.717) is 17.4 Å². The van der Waals surface area contributed by atoms with Crippen LogP contribution >= 0.6 is 0 Å². The van der Waals surface area contributed by atoms with Gasteiger partial charge in [-0.1, -0.05) is 0 Å². The molecule has 0 amide bonds. The molecule has 2 N–H and O–H groups in total. The van der Waals surface area contributed by atoms with Crippen LogP contribution in [-0.4, -0.2) is 16.5 Å². The number of carbonyl (C=O) groups is 1. The Morgan fingerprint density at radius 3 is 2.64 bits per heavy atom. The molecule has 0 bridgehead atoms. The van der Waals surface area contributed by atoms with E-state index in [2.05, 4.69) is 0 Å². The van der Waals surface area contributed by atoms with Crippen molar-refractivity contribution in [2.75, 3.05) is 0 Å². The summed E-state index contributed by atoms with van der Waals surface area (Å²) in [6, 6.07) is 0. The molecule has 0 fully saturated rings. The van der Waals surface area contributed by atoms with Gasteiger partial charge in [-0.3, -0.25) is 4.79 Å². The minimum absolute atomic E-state index is 0.0801. The van der Waals surface area contributed by atoms with Gasteiger partial charge in [0.1, 0.15) is 0 Å². The maximum atomic E-state index is 10.2. The maximum Gasteiger partial charge on any atom is 0.185 e. The van der Waals surface area contributed by atoms with Gasteiger partial charge in [-0.2, -0.15) is 0 Å². The van der Waals surface area contributed by atoms with Crippen LogP contribution in [0.1, 0.15) is 21.7 Å². The molecule has 0 radical (unpaired) electrons. The third kappa shape index (κ3) is 1.31. The zero-order valence-electron chi connectivity index (χ0n) is 5.78.